The van der Waals surface area contributed by atoms with Crippen molar-refractivity contribution in [2.75, 3.05) is 25.5 Å². The summed E-state index contributed by atoms with van der Waals surface area (Å²) in [5.41, 5.74) is 1.02. The summed E-state index contributed by atoms with van der Waals surface area (Å²) in [6.45, 7) is 2.11. The summed E-state index contributed by atoms with van der Waals surface area (Å²) in [5.74, 6) is -0.958. The molecule has 98 valence electrons. The Bertz CT molecular complexity index is 451. The Hall–Kier alpha value is -1.26. The van der Waals surface area contributed by atoms with Crippen molar-refractivity contribution in [1.82, 2.24) is 4.90 Å². The van der Waals surface area contributed by atoms with Crippen molar-refractivity contribution in [3.63, 3.8) is 0 Å². The molecule has 0 saturated carbocycles. The van der Waals surface area contributed by atoms with Crippen LogP contribution in [0, 0.1) is 0 Å². The highest BCUT2D eigenvalue weighted by atomic mass is 35.5. The first kappa shape index (κ1) is 13.2. The molecule has 18 heavy (non-hydrogen) atoms. The van der Waals surface area contributed by atoms with Crippen LogP contribution in [0.4, 0.5) is 5.69 Å². The van der Waals surface area contributed by atoms with Gasteiger partial charge in [-0.25, -0.2) is 4.79 Å². The molecule has 0 radical (unpaired) electrons. The van der Waals surface area contributed by atoms with Gasteiger partial charge in [-0.05, 0) is 44.6 Å². The normalized spacial score (nSPS) is 20.7. The number of rotatable bonds is 3. The van der Waals surface area contributed by atoms with E-state index in [2.05, 4.69) is 17.3 Å². The number of carboxylic acids is 1. The Morgan fingerprint density at radius 2 is 2.33 bits per heavy atom. The molecule has 1 aliphatic rings. The average Bonchev–Trinajstić information content (AvgIpc) is 2.31. The van der Waals surface area contributed by atoms with Crippen LogP contribution in [0.3, 0.4) is 0 Å². The zero-order valence-corrected chi connectivity index (χ0v) is 11.1. The van der Waals surface area contributed by atoms with E-state index in [0.717, 1.165) is 25.2 Å². The van der Waals surface area contributed by atoms with E-state index in [1.165, 1.54) is 12.5 Å². The number of nitrogens with one attached hydrogen (secondary N) is 1. The second-order valence-corrected chi connectivity index (χ2v) is 5.15. The quantitative estimate of drug-likeness (QED) is 0.885. The summed E-state index contributed by atoms with van der Waals surface area (Å²) >= 11 is 6.09. The van der Waals surface area contributed by atoms with Crippen molar-refractivity contribution in [3.05, 3.63) is 28.8 Å². The molecule has 0 amide bonds. The van der Waals surface area contributed by atoms with Gasteiger partial charge in [0, 0.05) is 12.6 Å². The lowest BCUT2D eigenvalue weighted by atomic mass is 10.1. The maximum atomic E-state index is 10.8. The Balaban J connectivity index is 2.07. The van der Waals surface area contributed by atoms with Gasteiger partial charge in [0.2, 0.25) is 0 Å². The SMILES string of the molecule is CN1CCCC(Nc2ccc(C(=O)O)cc2Cl)C1. The van der Waals surface area contributed by atoms with Gasteiger partial charge in [0.15, 0.2) is 0 Å². The fraction of sp³-hybridized carbons (Fsp3) is 0.462. The summed E-state index contributed by atoms with van der Waals surface area (Å²) in [7, 11) is 2.10. The van der Waals surface area contributed by atoms with Gasteiger partial charge in [0.05, 0.1) is 16.3 Å². The van der Waals surface area contributed by atoms with Gasteiger partial charge in [0.25, 0.3) is 0 Å². The maximum Gasteiger partial charge on any atom is 0.335 e. The number of carboxylic acid groups (broad SMARTS) is 1. The number of aromatic carboxylic acids is 1. The minimum absolute atomic E-state index is 0.214. The van der Waals surface area contributed by atoms with Gasteiger partial charge < -0.3 is 15.3 Å². The predicted molar refractivity (Wildman–Crippen MR) is 72.6 cm³/mol. The van der Waals surface area contributed by atoms with Crippen LogP contribution in [0.2, 0.25) is 5.02 Å². The Kier molecular flexibility index (Phi) is 4.09. The number of likely N-dealkylation sites (N-methyl/N-ethyl adjacent to an activating group) is 1. The monoisotopic (exact) mass is 268 g/mol. The van der Waals surface area contributed by atoms with Gasteiger partial charge in [-0.1, -0.05) is 11.6 Å². The van der Waals surface area contributed by atoms with Gasteiger partial charge in [0.1, 0.15) is 0 Å². The van der Waals surface area contributed by atoms with Crippen LogP contribution < -0.4 is 5.32 Å². The molecule has 1 atom stereocenters. The number of hydrogen-bond acceptors (Lipinski definition) is 3. The van der Waals surface area contributed by atoms with Crippen LogP contribution in [-0.4, -0.2) is 42.2 Å². The number of piperidine rings is 1. The third-order valence-corrected chi connectivity index (χ3v) is 3.51. The first-order valence-corrected chi connectivity index (χ1v) is 6.42. The molecule has 1 heterocycles. The Morgan fingerprint density at radius 1 is 1.56 bits per heavy atom. The fourth-order valence-corrected chi connectivity index (χ4v) is 2.50. The number of hydrogen-bond donors (Lipinski definition) is 2. The number of benzene rings is 1. The second kappa shape index (κ2) is 5.59. The third kappa shape index (κ3) is 3.15. The number of nitrogens with zero attached hydrogens (tertiary/aromatic N) is 1. The number of likely N-dealkylation sites (tertiary alicyclic amines) is 1. The van der Waals surface area contributed by atoms with E-state index in [-0.39, 0.29) is 5.56 Å². The molecule has 2 rings (SSSR count). The summed E-state index contributed by atoms with van der Waals surface area (Å²) < 4.78 is 0. The minimum Gasteiger partial charge on any atom is -0.478 e. The largest absolute Gasteiger partial charge is 0.478 e. The van der Waals surface area contributed by atoms with Crippen LogP contribution in [0.25, 0.3) is 0 Å². The first-order valence-electron chi connectivity index (χ1n) is 6.04. The molecule has 2 N–H and O–H groups in total. The Labute approximate surface area is 112 Å². The first-order chi connectivity index (χ1) is 8.56. The molecule has 1 aliphatic heterocycles. The number of carbonyl (C=O) groups is 1. The minimum atomic E-state index is -0.958. The van der Waals surface area contributed by atoms with E-state index in [1.807, 2.05) is 0 Å². The van der Waals surface area contributed by atoms with E-state index in [1.54, 1.807) is 12.1 Å². The summed E-state index contributed by atoms with van der Waals surface area (Å²) in [6, 6.07) is 5.17. The molecule has 1 fully saturated rings. The van der Waals surface area contributed by atoms with Crippen LogP contribution >= 0.6 is 11.6 Å². The Morgan fingerprint density at radius 3 is 2.94 bits per heavy atom. The van der Waals surface area contributed by atoms with Crippen molar-refractivity contribution in [2.45, 2.75) is 18.9 Å². The van der Waals surface area contributed by atoms with Crippen LogP contribution in [0.15, 0.2) is 18.2 Å². The van der Waals surface area contributed by atoms with Crippen molar-refractivity contribution in [2.24, 2.45) is 0 Å². The maximum absolute atomic E-state index is 10.8. The molecule has 0 aliphatic carbocycles. The standard InChI is InChI=1S/C13H17ClN2O2/c1-16-6-2-3-10(8-16)15-12-5-4-9(13(17)18)7-11(12)14/h4-5,7,10,15H,2-3,6,8H2,1H3,(H,17,18). The zero-order valence-electron chi connectivity index (χ0n) is 10.3. The lowest BCUT2D eigenvalue weighted by Gasteiger charge is -2.31. The highest BCUT2D eigenvalue weighted by Crippen LogP contribution is 2.25. The van der Waals surface area contributed by atoms with Gasteiger partial charge in [-0.3, -0.25) is 0 Å². The van der Waals surface area contributed by atoms with E-state index in [4.69, 9.17) is 16.7 Å². The molecule has 1 aromatic carbocycles. The van der Waals surface area contributed by atoms with Crippen molar-refractivity contribution < 1.29 is 9.90 Å². The summed E-state index contributed by atoms with van der Waals surface area (Å²) in [6.07, 6.45) is 2.28. The van der Waals surface area contributed by atoms with Gasteiger partial charge in [-0.2, -0.15) is 0 Å². The van der Waals surface area contributed by atoms with Gasteiger partial charge in [-0.15, -0.1) is 0 Å². The second-order valence-electron chi connectivity index (χ2n) is 4.75. The highest BCUT2D eigenvalue weighted by molar-refractivity contribution is 6.33. The molecule has 0 bridgehead atoms. The van der Waals surface area contributed by atoms with E-state index in [0.29, 0.717) is 11.1 Å². The predicted octanol–water partition coefficient (Wildman–Crippen LogP) is 2.54. The molecule has 4 nitrogen and oxygen atoms in total. The van der Waals surface area contributed by atoms with E-state index < -0.39 is 5.97 Å². The van der Waals surface area contributed by atoms with Crippen molar-refractivity contribution >= 4 is 23.3 Å². The highest BCUT2D eigenvalue weighted by Gasteiger charge is 2.18. The molecular weight excluding hydrogens is 252 g/mol. The zero-order chi connectivity index (χ0) is 13.1. The molecule has 1 unspecified atom stereocenters. The molecule has 1 aromatic rings. The number of halogens is 1. The third-order valence-electron chi connectivity index (χ3n) is 3.20. The summed E-state index contributed by atoms with van der Waals surface area (Å²) in [4.78, 5) is 13.1. The van der Waals surface area contributed by atoms with Crippen molar-refractivity contribution in [1.29, 1.82) is 0 Å². The molecular formula is C13H17ClN2O2. The fourth-order valence-electron chi connectivity index (χ4n) is 2.27. The number of anilines is 1. The smallest absolute Gasteiger partial charge is 0.335 e. The molecule has 5 heteroatoms. The lowest BCUT2D eigenvalue weighted by Crippen LogP contribution is -2.39. The molecule has 0 spiro atoms. The van der Waals surface area contributed by atoms with Crippen LogP contribution in [0.1, 0.15) is 23.2 Å². The van der Waals surface area contributed by atoms with Gasteiger partial charge >= 0.3 is 5.97 Å². The van der Waals surface area contributed by atoms with Crippen LogP contribution in [0.5, 0.6) is 0 Å². The molecule has 1 saturated heterocycles. The van der Waals surface area contributed by atoms with E-state index in [9.17, 15) is 4.79 Å². The van der Waals surface area contributed by atoms with Crippen molar-refractivity contribution in [3.8, 4) is 0 Å². The molecule has 0 aromatic heterocycles. The summed E-state index contributed by atoms with van der Waals surface area (Å²) in [5, 5.41) is 12.7. The average molecular weight is 269 g/mol. The lowest BCUT2D eigenvalue weighted by molar-refractivity contribution is 0.0697. The van der Waals surface area contributed by atoms with Crippen LogP contribution in [-0.2, 0) is 0 Å². The van der Waals surface area contributed by atoms with E-state index >= 15 is 0 Å². The topological polar surface area (TPSA) is 52.6 Å².